The van der Waals surface area contributed by atoms with Crippen LogP contribution in [-0.4, -0.2) is 40.0 Å². The average Bonchev–Trinajstić information content (AvgIpc) is 3.06. The molecular formula is C20H21N3O2. The highest BCUT2D eigenvalue weighted by Crippen LogP contribution is 2.23. The zero-order valence-electron chi connectivity index (χ0n) is 14.2. The molecule has 2 aromatic heterocycles. The van der Waals surface area contributed by atoms with Gasteiger partial charge in [-0.25, -0.2) is 4.98 Å². The minimum absolute atomic E-state index is 0.0876. The number of hydrogen-bond acceptors (Lipinski definition) is 3. The fraction of sp³-hybridized carbons (Fsp3) is 0.300. The Morgan fingerprint density at radius 3 is 2.76 bits per heavy atom. The molecule has 0 atom stereocenters. The van der Waals surface area contributed by atoms with Crippen molar-refractivity contribution < 1.29 is 9.53 Å². The SMILES string of the molecule is Cc1cccc(OC2CCN(C(=O)c3c[nH]c4ccccc34)CC2)n1. The second-order valence-electron chi connectivity index (χ2n) is 6.47. The number of ether oxygens (including phenoxy) is 1. The number of carbonyl (C=O) groups excluding carboxylic acids is 1. The van der Waals surface area contributed by atoms with Gasteiger partial charge in [-0.1, -0.05) is 24.3 Å². The largest absolute Gasteiger partial charge is 0.474 e. The summed E-state index contributed by atoms with van der Waals surface area (Å²) in [5, 5.41) is 0.981. The highest BCUT2D eigenvalue weighted by atomic mass is 16.5. The van der Waals surface area contributed by atoms with Gasteiger partial charge in [0, 0.05) is 54.8 Å². The van der Waals surface area contributed by atoms with Gasteiger partial charge in [-0.15, -0.1) is 0 Å². The summed E-state index contributed by atoms with van der Waals surface area (Å²) in [5.41, 5.74) is 2.69. The van der Waals surface area contributed by atoms with E-state index in [1.807, 2.05) is 60.5 Å². The Morgan fingerprint density at radius 1 is 1.16 bits per heavy atom. The quantitative estimate of drug-likeness (QED) is 0.796. The molecule has 1 aliphatic rings. The van der Waals surface area contributed by atoms with Gasteiger partial charge in [0.1, 0.15) is 6.10 Å². The monoisotopic (exact) mass is 335 g/mol. The molecule has 0 aliphatic carbocycles. The second-order valence-corrected chi connectivity index (χ2v) is 6.47. The molecule has 3 heterocycles. The lowest BCUT2D eigenvalue weighted by molar-refractivity contribution is 0.0589. The fourth-order valence-electron chi connectivity index (χ4n) is 3.35. The predicted octanol–water partition coefficient (Wildman–Crippen LogP) is 3.55. The van der Waals surface area contributed by atoms with Gasteiger partial charge in [0.05, 0.1) is 5.56 Å². The number of benzene rings is 1. The fourth-order valence-corrected chi connectivity index (χ4v) is 3.35. The Morgan fingerprint density at radius 2 is 1.96 bits per heavy atom. The third-order valence-corrected chi connectivity index (χ3v) is 4.70. The van der Waals surface area contributed by atoms with E-state index in [0.717, 1.165) is 35.0 Å². The molecule has 4 rings (SSSR count). The summed E-state index contributed by atoms with van der Waals surface area (Å²) < 4.78 is 5.97. The number of carbonyl (C=O) groups is 1. The number of aromatic amines is 1. The molecule has 0 bridgehead atoms. The number of nitrogens with zero attached hydrogens (tertiary/aromatic N) is 2. The van der Waals surface area contributed by atoms with Crippen molar-refractivity contribution in [3.8, 4) is 5.88 Å². The van der Waals surface area contributed by atoms with Crippen LogP contribution in [0.5, 0.6) is 5.88 Å². The minimum atomic E-state index is 0.0876. The van der Waals surface area contributed by atoms with Gasteiger partial charge in [-0.3, -0.25) is 4.79 Å². The average molecular weight is 335 g/mol. The van der Waals surface area contributed by atoms with E-state index in [2.05, 4.69) is 9.97 Å². The van der Waals surface area contributed by atoms with E-state index in [0.29, 0.717) is 19.0 Å². The normalized spacial score (nSPS) is 15.5. The number of piperidine rings is 1. The zero-order chi connectivity index (χ0) is 17.2. The summed E-state index contributed by atoms with van der Waals surface area (Å²) in [6, 6.07) is 13.7. The molecule has 25 heavy (non-hydrogen) atoms. The molecule has 0 spiro atoms. The van der Waals surface area contributed by atoms with E-state index in [4.69, 9.17) is 4.74 Å². The lowest BCUT2D eigenvalue weighted by Gasteiger charge is -2.31. The molecule has 0 radical (unpaired) electrons. The Hall–Kier alpha value is -2.82. The molecule has 0 unspecified atom stereocenters. The minimum Gasteiger partial charge on any atom is -0.474 e. The molecule has 1 aliphatic heterocycles. The lowest BCUT2D eigenvalue weighted by atomic mass is 10.1. The Kier molecular flexibility index (Phi) is 4.14. The number of pyridine rings is 1. The summed E-state index contributed by atoms with van der Waals surface area (Å²) >= 11 is 0. The highest BCUT2D eigenvalue weighted by molar-refractivity contribution is 6.06. The summed E-state index contributed by atoms with van der Waals surface area (Å²) in [4.78, 5) is 22.3. The molecule has 1 fully saturated rings. The number of para-hydroxylation sites is 1. The van der Waals surface area contributed by atoms with Crippen molar-refractivity contribution >= 4 is 16.8 Å². The topological polar surface area (TPSA) is 58.2 Å². The van der Waals surface area contributed by atoms with E-state index in [9.17, 15) is 4.79 Å². The second kappa shape index (κ2) is 6.59. The van der Waals surface area contributed by atoms with Gasteiger partial charge >= 0.3 is 0 Å². The van der Waals surface area contributed by atoms with Crippen LogP contribution in [0.4, 0.5) is 0 Å². The molecule has 0 saturated carbocycles. The number of fused-ring (bicyclic) bond motifs is 1. The van der Waals surface area contributed by atoms with E-state index in [1.165, 1.54) is 0 Å². The van der Waals surface area contributed by atoms with Gasteiger partial charge in [0.15, 0.2) is 0 Å². The molecule has 5 heteroatoms. The number of H-pyrrole nitrogens is 1. The third kappa shape index (κ3) is 3.22. The van der Waals surface area contributed by atoms with E-state index in [-0.39, 0.29) is 12.0 Å². The molecule has 128 valence electrons. The number of aryl methyl sites for hydroxylation is 1. The van der Waals surface area contributed by atoms with Crippen LogP contribution >= 0.6 is 0 Å². The van der Waals surface area contributed by atoms with Gasteiger partial charge in [0.2, 0.25) is 5.88 Å². The van der Waals surface area contributed by atoms with Gasteiger partial charge in [0.25, 0.3) is 5.91 Å². The maximum Gasteiger partial charge on any atom is 0.256 e. The molecule has 1 N–H and O–H groups in total. The van der Waals surface area contributed by atoms with Gasteiger partial charge in [-0.05, 0) is 19.1 Å². The van der Waals surface area contributed by atoms with Crippen molar-refractivity contribution in [2.45, 2.75) is 25.9 Å². The molecular weight excluding hydrogens is 314 g/mol. The molecule has 1 aromatic carbocycles. The van der Waals surface area contributed by atoms with Gasteiger partial charge in [-0.2, -0.15) is 0 Å². The van der Waals surface area contributed by atoms with Crippen molar-refractivity contribution in [2.75, 3.05) is 13.1 Å². The van der Waals surface area contributed by atoms with Crippen LogP contribution in [0.2, 0.25) is 0 Å². The maximum atomic E-state index is 12.8. The van der Waals surface area contributed by atoms with Crippen LogP contribution in [0, 0.1) is 6.92 Å². The third-order valence-electron chi connectivity index (χ3n) is 4.70. The van der Waals surface area contributed by atoms with Crippen LogP contribution < -0.4 is 4.74 Å². The Bertz CT molecular complexity index is 895. The first-order valence-corrected chi connectivity index (χ1v) is 8.66. The van der Waals surface area contributed by atoms with E-state index < -0.39 is 0 Å². The molecule has 5 nitrogen and oxygen atoms in total. The van der Waals surface area contributed by atoms with Crippen molar-refractivity contribution in [2.24, 2.45) is 0 Å². The first-order chi connectivity index (χ1) is 12.2. The van der Waals surface area contributed by atoms with Crippen molar-refractivity contribution in [1.29, 1.82) is 0 Å². The van der Waals surface area contributed by atoms with Crippen molar-refractivity contribution in [3.05, 3.63) is 59.9 Å². The first kappa shape index (κ1) is 15.7. The number of amides is 1. The summed E-state index contributed by atoms with van der Waals surface area (Å²) in [6.45, 7) is 3.36. The highest BCUT2D eigenvalue weighted by Gasteiger charge is 2.26. The number of likely N-dealkylation sites (tertiary alicyclic amines) is 1. The molecule has 1 amide bonds. The number of aromatic nitrogens is 2. The molecule has 3 aromatic rings. The number of nitrogens with one attached hydrogen (secondary N) is 1. The van der Waals surface area contributed by atoms with Crippen molar-refractivity contribution in [3.63, 3.8) is 0 Å². The predicted molar refractivity (Wildman–Crippen MR) is 96.8 cm³/mol. The Labute approximate surface area is 146 Å². The van der Waals surface area contributed by atoms with E-state index in [1.54, 1.807) is 0 Å². The van der Waals surface area contributed by atoms with Crippen LogP contribution in [0.1, 0.15) is 28.9 Å². The standard InChI is InChI=1S/C20H21N3O2/c1-14-5-4-8-19(22-14)25-15-9-11-23(12-10-15)20(24)17-13-21-18-7-3-2-6-16(17)18/h2-8,13,15,21H,9-12H2,1H3. The van der Waals surface area contributed by atoms with Crippen LogP contribution in [-0.2, 0) is 0 Å². The molecule has 1 saturated heterocycles. The first-order valence-electron chi connectivity index (χ1n) is 8.66. The van der Waals surface area contributed by atoms with Crippen LogP contribution in [0.15, 0.2) is 48.7 Å². The maximum absolute atomic E-state index is 12.8. The summed E-state index contributed by atoms with van der Waals surface area (Å²) in [7, 11) is 0. The Balaban J connectivity index is 1.40. The smallest absolute Gasteiger partial charge is 0.256 e. The zero-order valence-corrected chi connectivity index (χ0v) is 14.2. The van der Waals surface area contributed by atoms with Gasteiger partial charge < -0.3 is 14.6 Å². The van der Waals surface area contributed by atoms with Crippen LogP contribution in [0.3, 0.4) is 0 Å². The number of hydrogen-bond donors (Lipinski definition) is 1. The van der Waals surface area contributed by atoms with E-state index >= 15 is 0 Å². The summed E-state index contributed by atoms with van der Waals surface area (Å²) in [5.74, 6) is 0.756. The summed E-state index contributed by atoms with van der Waals surface area (Å²) in [6.07, 6.45) is 3.57. The number of rotatable bonds is 3. The van der Waals surface area contributed by atoms with Crippen LogP contribution in [0.25, 0.3) is 10.9 Å². The lowest BCUT2D eigenvalue weighted by Crippen LogP contribution is -2.41. The van der Waals surface area contributed by atoms with Crippen molar-refractivity contribution in [1.82, 2.24) is 14.9 Å².